The van der Waals surface area contributed by atoms with Gasteiger partial charge in [0.15, 0.2) is 0 Å². The second-order valence-corrected chi connectivity index (χ2v) is 5.56. The molecule has 0 saturated carbocycles. The van der Waals surface area contributed by atoms with Crippen molar-refractivity contribution in [2.45, 2.75) is 32.4 Å². The van der Waals surface area contributed by atoms with Crippen molar-refractivity contribution in [3.05, 3.63) is 30.2 Å². The molecule has 23 heavy (non-hydrogen) atoms. The van der Waals surface area contributed by atoms with E-state index in [1.165, 1.54) is 0 Å². The van der Waals surface area contributed by atoms with E-state index in [1.54, 1.807) is 24.3 Å². The maximum Gasteiger partial charge on any atom is 0.251 e. The van der Waals surface area contributed by atoms with Gasteiger partial charge in [0.1, 0.15) is 5.75 Å². The maximum absolute atomic E-state index is 12.1. The summed E-state index contributed by atoms with van der Waals surface area (Å²) in [5.74, 6) is 0.871. The first kappa shape index (κ1) is 15.5. The molecule has 1 amide bonds. The Morgan fingerprint density at radius 1 is 1.39 bits per heavy atom. The van der Waals surface area contributed by atoms with Gasteiger partial charge in [0.25, 0.3) is 5.89 Å². The molecule has 7 nitrogen and oxygen atoms in total. The van der Waals surface area contributed by atoms with Crippen LogP contribution >= 0.6 is 0 Å². The van der Waals surface area contributed by atoms with Gasteiger partial charge in [0, 0.05) is 13.1 Å². The SMILES string of the molecule is CC[C@@H]1C(=O)NCCCN1Cc1nnc(-c2ccccc2O)o1. The molecule has 1 aliphatic rings. The third-order valence-corrected chi connectivity index (χ3v) is 3.99. The predicted octanol–water partition coefficient (Wildman–Crippen LogP) is 1.54. The van der Waals surface area contributed by atoms with Crippen molar-refractivity contribution in [1.82, 2.24) is 20.4 Å². The lowest BCUT2D eigenvalue weighted by Crippen LogP contribution is -2.43. The molecule has 1 aromatic heterocycles. The smallest absolute Gasteiger partial charge is 0.251 e. The van der Waals surface area contributed by atoms with Crippen LogP contribution in [0, 0.1) is 0 Å². The number of carbonyl (C=O) groups excluding carboxylic acids is 1. The lowest BCUT2D eigenvalue weighted by atomic mass is 10.2. The summed E-state index contributed by atoms with van der Waals surface area (Å²) in [5, 5.41) is 20.8. The molecular formula is C16H20N4O3. The molecule has 0 unspecified atom stereocenters. The first-order valence-corrected chi connectivity index (χ1v) is 7.81. The molecule has 0 aliphatic carbocycles. The van der Waals surface area contributed by atoms with Gasteiger partial charge in [-0.3, -0.25) is 9.69 Å². The number of rotatable bonds is 4. The molecular weight excluding hydrogens is 296 g/mol. The molecule has 0 bridgehead atoms. The standard InChI is InChI=1S/C16H20N4O3/c1-2-12-15(22)17-8-5-9-20(12)10-14-18-19-16(23-14)11-6-3-4-7-13(11)21/h3-4,6-7,12,21H,2,5,8-10H2,1H3,(H,17,22)/t12-/m1/s1. The summed E-state index contributed by atoms with van der Waals surface area (Å²) in [6, 6.07) is 6.65. The van der Waals surface area contributed by atoms with Crippen molar-refractivity contribution in [3.63, 3.8) is 0 Å². The topological polar surface area (TPSA) is 91.5 Å². The third-order valence-electron chi connectivity index (χ3n) is 3.99. The third kappa shape index (κ3) is 3.34. The summed E-state index contributed by atoms with van der Waals surface area (Å²) in [5.41, 5.74) is 0.506. The lowest BCUT2D eigenvalue weighted by Gasteiger charge is -2.25. The van der Waals surface area contributed by atoms with E-state index in [1.807, 2.05) is 6.92 Å². The van der Waals surface area contributed by atoms with Gasteiger partial charge in [-0.2, -0.15) is 0 Å². The highest BCUT2D eigenvalue weighted by atomic mass is 16.4. The highest BCUT2D eigenvalue weighted by molar-refractivity contribution is 5.81. The number of hydrogen-bond donors (Lipinski definition) is 2. The van der Waals surface area contributed by atoms with Crippen LogP contribution in [0.3, 0.4) is 0 Å². The van der Waals surface area contributed by atoms with E-state index in [0.717, 1.165) is 19.4 Å². The largest absolute Gasteiger partial charge is 0.507 e. The summed E-state index contributed by atoms with van der Waals surface area (Å²) in [4.78, 5) is 14.1. The van der Waals surface area contributed by atoms with Crippen molar-refractivity contribution >= 4 is 5.91 Å². The lowest BCUT2D eigenvalue weighted by molar-refractivity contribution is -0.125. The summed E-state index contributed by atoms with van der Waals surface area (Å²) in [6.45, 7) is 3.90. The first-order chi connectivity index (χ1) is 11.2. The van der Waals surface area contributed by atoms with E-state index in [9.17, 15) is 9.90 Å². The molecule has 2 aromatic rings. The van der Waals surface area contributed by atoms with Crippen molar-refractivity contribution in [3.8, 4) is 17.2 Å². The van der Waals surface area contributed by atoms with Crippen LogP contribution in [0.15, 0.2) is 28.7 Å². The average molecular weight is 316 g/mol. The minimum atomic E-state index is -0.182. The minimum absolute atomic E-state index is 0.0467. The molecule has 1 aromatic carbocycles. The quantitative estimate of drug-likeness (QED) is 0.889. The van der Waals surface area contributed by atoms with E-state index in [0.29, 0.717) is 24.5 Å². The molecule has 0 radical (unpaired) electrons. The van der Waals surface area contributed by atoms with E-state index in [2.05, 4.69) is 20.4 Å². The number of aromatic hydroxyl groups is 1. The molecule has 3 rings (SSSR count). The van der Waals surface area contributed by atoms with Crippen LogP contribution in [0.5, 0.6) is 5.75 Å². The van der Waals surface area contributed by atoms with Crippen LogP contribution in [-0.2, 0) is 11.3 Å². The summed E-state index contributed by atoms with van der Waals surface area (Å²) in [6.07, 6.45) is 1.62. The van der Waals surface area contributed by atoms with Crippen LogP contribution in [0.4, 0.5) is 0 Å². The average Bonchev–Trinajstić information content (AvgIpc) is 2.93. The number of benzene rings is 1. The van der Waals surface area contributed by atoms with Crippen molar-refractivity contribution in [1.29, 1.82) is 0 Å². The van der Waals surface area contributed by atoms with E-state index in [-0.39, 0.29) is 23.6 Å². The number of para-hydroxylation sites is 1. The van der Waals surface area contributed by atoms with Gasteiger partial charge in [-0.25, -0.2) is 0 Å². The van der Waals surface area contributed by atoms with Crippen molar-refractivity contribution in [2.24, 2.45) is 0 Å². The highest BCUT2D eigenvalue weighted by Gasteiger charge is 2.27. The van der Waals surface area contributed by atoms with E-state index < -0.39 is 0 Å². The van der Waals surface area contributed by atoms with Crippen LogP contribution in [0.2, 0.25) is 0 Å². The molecule has 2 heterocycles. The molecule has 1 fully saturated rings. The zero-order chi connectivity index (χ0) is 16.2. The Morgan fingerprint density at radius 3 is 3.00 bits per heavy atom. The van der Waals surface area contributed by atoms with Gasteiger partial charge in [-0.15, -0.1) is 10.2 Å². The van der Waals surface area contributed by atoms with Crippen LogP contribution in [0.25, 0.3) is 11.5 Å². The molecule has 0 spiro atoms. The van der Waals surface area contributed by atoms with Crippen LogP contribution < -0.4 is 5.32 Å². The Morgan fingerprint density at radius 2 is 2.22 bits per heavy atom. The number of phenols is 1. The number of amides is 1. The maximum atomic E-state index is 12.1. The number of phenolic OH excluding ortho intramolecular Hbond substituents is 1. The van der Waals surface area contributed by atoms with E-state index in [4.69, 9.17) is 4.42 Å². The fourth-order valence-corrected chi connectivity index (χ4v) is 2.82. The number of hydrogen-bond acceptors (Lipinski definition) is 6. The minimum Gasteiger partial charge on any atom is -0.507 e. The van der Waals surface area contributed by atoms with Gasteiger partial charge in [-0.1, -0.05) is 19.1 Å². The molecule has 122 valence electrons. The zero-order valence-corrected chi connectivity index (χ0v) is 13.0. The van der Waals surface area contributed by atoms with Crippen molar-refractivity contribution < 1.29 is 14.3 Å². The Hall–Kier alpha value is -2.41. The molecule has 1 atom stereocenters. The Bertz CT molecular complexity index is 685. The van der Waals surface area contributed by atoms with Gasteiger partial charge < -0.3 is 14.8 Å². The fourth-order valence-electron chi connectivity index (χ4n) is 2.82. The Labute approximate surface area is 134 Å². The summed E-state index contributed by atoms with van der Waals surface area (Å²) >= 11 is 0. The van der Waals surface area contributed by atoms with Crippen LogP contribution in [-0.4, -0.2) is 45.2 Å². The molecule has 1 aliphatic heterocycles. The fraction of sp³-hybridized carbons (Fsp3) is 0.438. The molecule has 7 heteroatoms. The normalized spacial score (nSPS) is 19.3. The van der Waals surface area contributed by atoms with Gasteiger partial charge in [0.2, 0.25) is 11.8 Å². The van der Waals surface area contributed by atoms with E-state index >= 15 is 0 Å². The molecule has 1 saturated heterocycles. The number of aromatic nitrogens is 2. The Kier molecular flexibility index (Phi) is 4.57. The molecule has 2 N–H and O–H groups in total. The number of nitrogens with zero attached hydrogens (tertiary/aromatic N) is 3. The Balaban J connectivity index is 1.78. The first-order valence-electron chi connectivity index (χ1n) is 7.81. The van der Waals surface area contributed by atoms with Gasteiger partial charge in [0.05, 0.1) is 18.2 Å². The summed E-state index contributed by atoms with van der Waals surface area (Å²) in [7, 11) is 0. The number of nitrogens with one attached hydrogen (secondary N) is 1. The van der Waals surface area contributed by atoms with Gasteiger partial charge in [-0.05, 0) is 25.0 Å². The summed E-state index contributed by atoms with van der Waals surface area (Å²) < 4.78 is 5.67. The second-order valence-electron chi connectivity index (χ2n) is 5.56. The van der Waals surface area contributed by atoms with Crippen molar-refractivity contribution in [2.75, 3.05) is 13.1 Å². The highest BCUT2D eigenvalue weighted by Crippen LogP contribution is 2.27. The van der Waals surface area contributed by atoms with Crippen LogP contribution in [0.1, 0.15) is 25.7 Å². The number of carbonyl (C=O) groups is 1. The monoisotopic (exact) mass is 316 g/mol. The van der Waals surface area contributed by atoms with Gasteiger partial charge >= 0.3 is 0 Å². The second kappa shape index (κ2) is 6.78. The predicted molar refractivity (Wildman–Crippen MR) is 83.5 cm³/mol. The zero-order valence-electron chi connectivity index (χ0n) is 13.0.